The Bertz CT molecular complexity index is 1110. The van der Waals surface area contributed by atoms with E-state index in [9.17, 15) is 18.8 Å². The highest BCUT2D eigenvalue weighted by Gasteiger charge is 2.54. The molecule has 1 spiro atoms. The number of carbonyl (C=O) groups excluding carboxylic acids is 3. The van der Waals surface area contributed by atoms with E-state index in [0.717, 1.165) is 12.8 Å². The number of amides is 3. The molecule has 3 aliphatic heterocycles. The summed E-state index contributed by atoms with van der Waals surface area (Å²) < 4.78 is 26.0. The van der Waals surface area contributed by atoms with Gasteiger partial charge in [0.25, 0.3) is 11.8 Å². The third-order valence-corrected chi connectivity index (χ3v) is 7.27. The van der Waals surface area contributed by atoms with E-state index in [-0.39, 0.29) is 43.2 Å². The molecule has 1 N–H and O–H groups in total. The van der Waals surface area contributed by atoms with Crippen molar-refractivity contribution in [2.24, 2.45) is 0 Å². The van der Waals surface area contributed by atoms with Gasteiger partial charge in [0.2, 0.25) is 5.91 Å². The molecule has 3 heterocycles. The first-order valence-electron chi connectivity index (χ1n) is 12.4. The summed E-state index contributed by atoms with van der Waals surface area (Å²) in [5, 5.41) is 2.94. The smallest absolute Gasteiger partial charge is 0.256 e. The molecular weight excluding hydrogens is 465 g/mol. The first-order chi connectivity index (χ1) is 17.5. The number of benzene rings is 2. The van der Waals surface area contributed by atoms with Crippen molar-refractivity contribution in [3.8, 4) is 0 Å². The number of hydrogen-bond donors (Lipinski definition) is 1. The van der Waals surface area contributed by atoms with Crippen molar-refractivity contribution in [3.05, 3.63) is 71.5 Å². The molecule has 3 amide bonds. The van der Waals surface area contributed by atoms with Gasteiger partial charge in [-0.25, -0.2) is 4.39 Å². The van der Waals surface area contributed by atoms with Crippen LogP contribution in [-0.2, 0) is 14.3 Å². The van der Waals surface area contributed by atoms with E-state index in [4.69, 9.17) is 9.47 Å². The van der Waals surface area contributed by atoms with Gasteiger partial charge in [-0.05, 0) is 37.1 Å². The maximum atomic E-state index is 14.2. The fraction of sp³-hybridized carbons (Fsp3) is 0.444. The van der Waals surface area contributed by atoms with Crippen molar-refractivity contribution in [2.75, 3.05) is 32.8 Å². The molecule has 190 valence electrons. The topological polar surface area (TPSA) is 88.2 Å². The number of hydrogen-bond acceptors (Lipinski definition) is 5. The van der Waals surface area contributed by atoms with Crippen molar-refractivity contribution in [1.29, 1.82) is 0 Å². The Labute approximate surface area is 209 Å². The Kier molecular flexibility index (Phi) is 7.02. The summed E-state index contributed by atoms with van der Waals surface area (Å²) >= 11 is 0. The van der Waals surface area contributed by atoms with Crippen LogP contribution in [0.15, 0.2) is 54.6 Å². The van der Waals surface area contributed by atoms with Crippen molar-refractivity contribution in [3.63, 3.8) is 0 Å². The van der Waals surface area contributed by atoms with Gasteiger partial charge in [0.1, 0.15) is 17.6 Å². The fourth-order valence-corrected chi connectivity index (χ4v) is 5.29. The normalized spacial score (nSPS) is 23.1. The van der Waals surface area contributed by atoms with Crippen LogP contribution in [0.3, 0.4) is 0 Å². The SMILES string of the molecule is O=C(NCC1CCCO1)C1COC2(CCN(C(=O)c3ccccc3F)CC2)N1C(=O)c1ccccc1. The predicted molar refractivity (Wildman–Crippen MR) is 129 cm³/mol. The molecule has 2 aromatic rings. The third kappa shape index (κ3) is 4.73. The lowest BCUT2D eigenvalue weighted by atomic mass is 9.96. The molecule has 3 aliphatic rings. The highest BCUT2D eigenvalue weighted by molar-refractivity contribution is 5.98. The zero-order valence-electron chi connectivity index (χ0n) is 20.0. The number of carbonyl (C=O) groups is 3. The maximum absolute atomic E-state index is 14.2. The minimum Gasteiger partial charge on any atom is -0.376 e. The highest BCUT2D eigenvalue weighted by atomic mass is 19.1. The van der Waals surface area contributed by atoms with Crippen LogP contribution in [0.25, 0.3) is 0 Å². The Morgan fingerprint density at radius 2 is 1.72 bits per heavy atom. The monoisotopic (exact) mass is 495 g/mol. The number of nitrogens with one attached hydrogen (secondary N) is 1. The van der Waals surface area contributed by atoms with Crippen LogP contribution < -0.4 is 5.32 Å². The van der Waals surface area contributed by atoms with E-state index in [1.54, 1.807) is 46.2 Å². The summed E-state index contributed by atoms with van der Waals surface area (Å²) in [6.07, 6.45) is 2.49. The molecule has 5 rings (SSSR count). The fourth-order valence-electron chi connectivity index (χ4n) is 5.29. The van der Waals surface area contributed by atoms with Crippen LogP contribution >= 0.6 is 0 Å². The molecule has 8 nitrogen and oxygen atoms in total. The minimum absolute atomic E-state index is 0.0175. The van der Waals surface area contributed by atoms with Gasteiger partial charge in [-0.2, -0.15) is 0 Å². The third-order valence-electron chi connectivity index (χ3n) is 7.27. The minimum atomic E-state index is -1.02. The molecule has 2 unspecified atom stereocenters. The van der Waals surface area contributed by atoms with Gasteiger partial charge in [-0.15, -0.1) is 0 Å². The van der Waals surface area contributed by atoms with Crippen molar-refractivity contribution < 1.29 is 28.2 Å². The number of nitrogens with zero attached hydrogens (tertiary/aromatic N) is 2. The zero-order valence-corrected chi connectivity index (χ0v) is 20.0. The molecule has 9 heteroatoms. The molecular formula is C27H30FN3O5. The van der Waals surface area contributed by atoms with Crippen molar-refractivity contribution in [2.45, 2.75) is 43.6 Å². The van der Waals surface area contributed by atoms with E-state index in [0.29, 0.717) is 31.6 Å². The number of halogens is 1. The van der Waals surface area contributed by atoms with Gasteiger partial charge in [-0.1, -0.05) is 30.3 Å². The number of ether oxygens (including phenoxy) is 2. The van der Waals surface area contributed by atoms with Gasteiger partial charge < -0.3 is 19.7 Å². The summed E-state index contributed by atoms with van der Waals surface area (Å²) in [4.78, 5) is 43.0. The largest absolute Gasteiger partial charge is 0.376 e. The molecule has 2 atom stereocenters. The van der Waals surface area contributed by atoms with Crippen LogP contribution in [0, 0.1) is 5.82 Å². The average molecular weight is 496 g/mol. The predicted octanol–water partition coefficient (Wildman–Crippen LogP) is 2.59. The summed E-state index contributed by atoms with van der Waals surface area (Å²) in [5.74, 6) is -1.53. The van der Waals surface area contributed by atoms with Crippen LogP contribution in [0.4, 0.5) is 4.39 Å². The number of piperidine rings is 1. The van der Waals surface area contributed by atoms with Crippen LogP contribution in [0.1, 0.15) is 46.4 Å². The molecule has 36 heavy (non-hydrogen) atoms. The average Bonchev–Trinajstić information content (AvgIpc) is 3.56. The van der Waals surface area contributed by atoms with Crippen LogP contribution in [0.5, 0.6) is 0 Å². The second kappa shape index (κ2) is 10.4. The molecule has 2 aromatic carbocycles. The van der Waals surface area contributed by atoms with Gasteiger partial charge in [0, 0.05) is 44.6 Å². The molecule has 0 aliphatic carbocycles. The van der Waals surface area contributed by atoms with Crippen LogP contribution in [-0.4, -0.2) is 78.2 Å². The summed E-state index contributed by atoms with van der Waals surface area (Å²) in [7, 11) is 0. The lowest BCUT2D eigenvalue weighted by Crippen LogP contribution is -2.60. The molecule has 0 radical (unpaired) electrons. The van der Waals surface area contributed by atoms with E-state index in [1.807, 2.05) is 6.07 Å². The highest BCUT2D eigenvalue weighted by Crippen LogP contribution is 2.39. The zero-order chi connectivity index (χ0) is 25.1. The van der Waals surface area contributed by atoms with Gasteiger partial charge in [0.05, 0.1) is 18.3 Å². The van der Waals surface area contributed by atoms with Crippen molar-refractivity contribution in [1.82, 2.24) is 15.1 Å². The number of rotatable bonds is 5. The molecule has 3 fully saturated rings. The van der Waals surface area contributed by atoms with E-state index >= 15 is 0 Å². The lowest BCUT2D eigenvalue weighted by Gasteiger charge is -2.44. The van der Waals surface area contributed by atoms with E-state index in [2.05, 4.69) is 5.32 Å². The second-order valence-electron chi connectivity index (χ2n) is 9.47. The van der Waals surface area contributed by atoms with Crippen molar-refractivity contribution >= 4 is 17.7 Å². The Balaban J connectivity index is 1.34. The van der Waals surface area contributed by atoms with E-state index < -0.39 is 23.5 Å². The summed E-state index contributed by atoms with van der Waals surface area (Å²) in [5.41, 5.74) is -0.543. The van der Waals surface area contributed by atoms with Gasteiger partial charge in [0.15, 0.2) is 0 Å². The van der Waals surface area contributed by atoms with Gasteiger partial charge in [-0.3, -0.25) is 19.3 Å². The number of likely N-dealkylation sites (tertiary alicyclic amines) is 1. The molecule has 0 bridgehead atoms. The van der Waals surface area contributed by atoms with Gasteiger partial charge >= 0.3 is 0 Å². The molecule has 0 saturated carbocycles. The summed E-state index contributed by atoms with van der Waals surface area (Å²) in [6.45, 7) is 1.70. The first-order valence-corrected chi connectivity index (χ1v) is 12.4. The Morgan fingerprint density at radius 1 is 1.00 bits per heavy atom. The maximum Gasteiger partial charge on any atom is 0.256 e. The second-order valence-corrected chi connectivity index (χ2v) is 9.47. The Morgan fingerprint density at radius 3 is 2.42 bits per heavy atom. The molecule has 0 aromatic heterocycles. The standard InChI is InChI=1S/C27H30FN3O5/c28-22-11-5-4-10-21(22)26(34)30-14-12-27(13-15-30)31(25(33)19-7-2-1-3-8-19)23(18-36-27)24(32)29-17-20-9-6-16-35-20/h1-5,7-8,10-11,20,23H,6,9,12-18H2,(H,29,32). The van der Waals surface area contributed by atoms with E-state index in [1.165, 1.54) is 12.1 Å². The lowest BCUT2D eigenvalue weighted by molar-refractivity contribution is -0.128. The Hall–Kier alpha value is -3.30. The first kappa shape index (κ1) is 24.4. The quantitative estimate of drug-likeness (QED) is 0.689. The molecule has 3 saturated heterocycles. The summed E-state index contributed by atoms with van der Waals surface area (Å²) in [6, 6.07) is 13.9. The van der Waals surface area contributed by atoms with Crippen LogP contribution in [0.2, 0.25) is 0 Å².